The molecule has 0 radical (unpaired) electrons. The maximum absolute atomic E-state index is 12.5. The summed E-state index contributed by atoms with van der Waals surface area (Å²) in [6.07, 6.45) is 10.6. The van der Waals surface area contributed by atoms with Crippen molar-refractivity contribution in [3.63, 3.8) is 0 Å². The van der Waals surface area contributed by atoms with Crippen molar-refractivity contribution in [2.75, 3.05) is 19.0 Å². The van der Waals surface area contributed by atoms with Crippen LogP contribution in [0.2, 0.25) is 0 Å². The van der Waals surface area contributed by atoms with Crippen molar-refractivity contribution in [3.8, 4) is 0 Å². The number of unbranched alkanes of at least 4 members (excludes halogenated alkanes) is 8. The number of ether oxygens (including phenoxy) is 1. The van der Waals surface area contributed by atoms with Gasteiger partial charge < -0.3 is 19.3 Å². The van der Waals surface area contributed by atoms with Crippen LogP contribution in [0.15, 0.2) is 30.3 Å². The van der Waals surface area contributed by atoms with E-state index in [-0.39, 0.29) is 25.6 Å². The van der Waals surface area contributed by atoms with Gasteiger partial charge in [-0.15, -0.1) is 0 Å². The molecular weight excluding hydrogens is 489 g/mol. The van der Waals surface area contributed by atoms with E-state index in [4.69, 9.17) is 9.26 Å². The standard InChI is InChI=1S/C25H46NO7PS/c1-3-5-7-8-9-10-11-15-19-35(30,31)26-24(18-6-4-2)21-33-34(28,29)25(27)22-32-20-23-16-13-12-14-17-23/h12-14,16-17,24-27H,3-11,15,18-22H2,1-2H3,(H,28,29)/t24-,25?/m0/s1. The van der Waals surface area contributed by atoms with Crippen molar-refractivity contribution in [3.05, 3.63) is 35.9 Å². The minimum atomic E-state index is -4.40. The summed E-state index contributed by atoms with van der Waals surface area (Å²) in [5, 5.41) is 10.1. The zero-order valence-corrected chi connectivity index (χ0v) is 23.2. The molecule has 0 saturated heterocycles. The van der Waals surface area contributed by atoms with Crippen LogP contribution in [0, 0.1) is 0 Å². The summed E-state index contributed by atoms with van der Waals surface area (Å²) in [5.74, 6) is -1.69. The summed E-state index contributed by atoms with van der Waals surface area (Å²) >= 11 is 0. The van der Waals surface area contributed by atoms with Gasteiger partial charge in [-0.3, -0.25) is 4.57 Å². The third-order valence-electron chi connectivity index (χ3n) is 5.73. The summed E-state index contributed by atoms with van der Waals surface area (Å²) < 4.78 is 50.7. The number of hydrogen-bond acceptors (Lipinski definition) is 6. The van der Waals surface area contributed by atoms with Gasteiger partial charge in [0.1, 0.15) is 0 Å². The van der Waals surface area contributed by atoms with E-state index in [0.717, 1.165) is 37.7 Å². The van der Waals surface area contributed by atoms with Crippen LogP contribution in [0.25, 0.3) is 0 Å². The van der Waals surface area contributed by atoms with E-state index >= 15 is 0 Å². The molecule has 0 amide bonds. The van der Waals surface area contributed by atoms with Crippen LogP contribution >= 0.6 is 7.60 Å². The molecule has 0 aliphatic rings. The molecular formula is C25H46NO7PS. The number of rotatable bonds is 22. The van der Waals surface area contributed by atoms with E-state index in [2.05, 4.69) is 11.6 Å². The summed E-state index contributed by atoms with van der Waals surface area (Å²) in [6.45, 7) is 3.69. The Kier molecular flexibility index (Phi) is 17.0. The predicted octanol–water partition coefficient (Wildman–Crippen LogP) is 5.34. The first-order chi connectivity index (χ1) is 16.7. The summed E-state index contributed by atoms with van der Waals surface area (Å²) in [4.78, 5) is 10.2. The third kappa shape index (κ3) is 15.8. The average molecular weight is 536 g/mol. The largest absolute Gasteiger partial charge is 0.378 e. The summed E-state index contributed by atoms with van der Waals surface area (Å²) in [5.41, 5.74) is 0.874. The number of benzene rings is 1. The second-order valence-corrected chi connectivity index (χ2v) is 12.9. The lowest BCUT2D eigenvalue weighted by molar-refractivity contribution is 0.0471. The number of aliphatic hydroxyl groups is 1. The van der Waals surface area contributed by atoms with Crippen LogP contribution in [0.3, 0.4) is 0 Å². The highest BCUT2D eigenvalue weighted by molar-refractivity contribution is 7.89. The molecule has 1 aromatic carbocycles. The van der Waals surface area contributed by atoms with Crippen molar-refractivity contribution >= 4 is 17.6 Å². The SMILES string of the molecule is CCCCCCCCCCS(=O)(=O)N[C@@H](CCCC)COP(=O)(O)C(O)COCc1ccccc1. The minimum absolute atomic E-state index is 0.0251. The van der Waals surface area contributed by atoms with Gasteiger partial charge in [0.05, 0.1) is 25.6 Å². The van der Waals surface area contributed by atoms with Crippen molar-refractivity contribution < 1.29 is 32.2 Å². The Morgan fingerprint density at radius 1 is 0.914 bits per heavy atom. The second kappa shape index (κ2) is 18.4. The van der Waals surface area contributed by atoms with Gasteiger partial charge in [-0.1, -0.05) is 102 Å². The Balaban J connectivity index is 2.43. The first-order valence-electron chi connectivity index (χ1n) is 13.0. The maximum Gasteiger partial charge on any atom is 0.358 e. The second-order valence-electron chi connectivity index (χ2n) is 9.09. The zero-order chi connectivity index (χ0) is 26.0. The molecule has 0 aliphatic heterocycles. The fourth-order valence-corrected chi connectivity index (χ4v) is 5.85. The summed E-state index contributed by atoms with van der Waals surface area (Å²) in [7, 11) is -7.94. The third-order valence-corrected chi connectivity index (χ3v) is 8.67. The van der Waals surface area contributed by atoms with Crippen molar-refractivity contribution in [2.24, 2.45) is 0 Å². The highest BCUT2D eigenvalue weighted by Gasteiger charge is 2.32. The fourth-order valence-electron chi connectivity index (χ4n) is 3.60. The summed E-state index contributed by atoms with van der Waals surface area (Å²) in [6, 6.07) is 8.63. The van der Waals surface area contributed by atoms with Gasteiger partial charge in [0, 0.05) is 6.04 Å². The molecule has 35 heavy (non-hydrogen) atoms. The van der Waals surface area contributed by atoms with E-state index in [1.54, 1.807) is 0 Å². The van der Waals surface area contributed by atoms with Crippen LogP contribution in [-0.4, -0.2) is 49.3 Å². The lowest BCUT2D eigenvalue weighted by Crippen LogP contribution is -2.39. The van der Waals surface area contributed by atoms with E-state index in [1.807, 2.05) is 37.3 Å². The van der Waals surface area contributed by atoms with Crippen molar-refractivity contribution in [1.29, 1.82) is 0 Å². The molecule has 8 nitrogen and oxygen atoms in total. The first kappa shape index (κ1) is 32.2. The molecule has 0 spiro atoms. The molecule has 0 aliphatic carbocycles. The molecule has 2 unspecified atom stereocenters. The molecule has 1 rings (SSSR count). The Labute approximate surface area is 212 Å². The number of hydrogen-bond donors (Lipinski definition) is 3. The van der Waals surface area contributed by atoms with Crippen molar-refractivity contribution in [2.45, 2.75) is 103 Å². The Bertz CT molecular complexity index is 807. The number of aliphatic hydroxyl groups excluding tert-OH is 1. The quantitative estimate of drug-likeness (QED) is 0.135. The minimum Gasteiger partial charge on any atom is -0.378 e. The molecule has 0 bridgehead atoms. The van der Waals surface area contributed by atoms with Crippen molar-refractivity contribution in [1.82, 2.24) is 4.72 Å². The van der Waals surface area contributed by atoms with E-state index in [1.165, 1.54) is 25.7 Å². The number of sulfonamides is 1. The van der Waals surface area contributed by atoms with Gasteiger partial charge in [-0.25, -0.2) is 13.1 Å². The molecule has 0 fully saturated rings. The Hall–Kier alpha value is -0.800. The van der Waals surface area contributed by atoms with Gasteiger partial charge in [0.25, 0.3) is 0 Å². The molecule has 3 N–H and O–H groups in total. The van der Waals surface area contributed by atoms with E-state index in [0.29, 0.717) is 12.8 Å². The maximum atomic E-state index is 12.5. The fraction of sp³-hybridized carbons (Fsp3) is 0.760. The molecule has 0 saturated carbocycles. The molecule has 204 valence electrons. The molecule has 10 heteroatoms. The van der Waals surface area contributed by atoms with Crippen LogP contribution in [0.4, 0.5) is 0 Å². The normalized spacial score (nSPS) is 15.5. The Morgan fingerprint density at radius 2 is 1.51 bits per heavy atom. The molecule has 3 atom stereocenters. The average Bonchev–Trinajstić information content (AvgIpc) is 2.83. The highest BCUT2D eigenvalue weighted by Crippen LogP contribution is 2.46. The van der Waals surface area contributed by atoms with Crippen LogP contribution in [0.5, 0.6) is 0 Å². The van der Waals surface area contributed by atoms with E-state index < -0.39 is 29.5 Å². The topological polar surface area (TPSA) is 122 Å². The molecule has 0 heterocycles. The van der Waals surface area contributed by atoms with Crippen LogP contribution in [-0.2, 0) is 30.5 Å². The number of nitrogens with one attached hydrogen (secondary N) is 1. The monoisotopic (exact) mass is 535 g/mol. The lowest BCUT2D eigenvalue weighted by Gasteiger charge is -2.23. The Morgan fingerprint density at radius 3 is 2.14 bits per heavy atom. The van der Waals surface area contributed by atoms with Crippen LogP contribution in [0.1, 0.15) is 90.0 Å². The zero-order valence-electron chi connectivity index (χ0n) is 21.4. The van der Waals surface area contributed by atoms with Gasteiger partial charge in [-0.05, 0) is 18.4 Å². The molecule has 1 aromatic rings. The van der Waals surface area contributed by atoms with Crippen LogP contribution < -0.4 is 4.72 Å². The van der Waals surface area contributed by atoms with E-state index in [9.17, 15) is 23.0 Å². The lowest BCUT2D eigenvalue weighted by atomic mass is 10.1. The first-order valence-corrected chi connectivity index (χ1v) is 16.3. The predicted molar refractivity (Wildman–Crippen MR) is 141 cm³/mol. The van der Waals surface area contributed by atoms with Gasteiger partial charge in [-0.2, -0.15) is 0 Å². The molecule has 0 aromatic heterocycles. The smallest absolute Gasteiger partial charge is 0.358 e. The van der Waals surface area contributed by atoms with Gasteiger partial charge in [0.15, 0.2) is 5.85 Å². The van der Waals surface area contributed by atoms with Gasteiger partial charge in [0.2, 0.25) is 10.0 Å². The highest BCUT2D eigenvalue weighted by atomic mass is 32.2. The van der Waals surface area contributed by atoms with Gasteiger partial charge >= 0.3 is 7.60 Å².